The number of ether oxygens (including phenoxy) is 2. The molecule has 9 heteroatoms. The molecule has 0 spiro atoms. The molecule has 0 saturated carbocycles. The van der Waals surface area contributed by atoms with Crippen LogP contribution in [0.2, 0.25) is 0 Å². The number of fused-ring (bicyclic) bond motifs is 4. The molecule has 2 aliphatic heterocycles. The lowest BCUT2D eigenvalue weighted by molar-refractivity contribution is 0.0697. The monoisotopic (exact) mass is 413 g/mol. The lowest BCUT2D eigenvalue weighted by Crippen LogP contribution is -2.50. The molecule has 1 aromatic carbocycles. The van der Waals surface area contributed by atoms with E-state index in [4.69, 9.17) is 9.47 Å². The lowest BCUT2D eigenvalue weighted by atomic mass is 9.83. The molecular weight excluding hydrogens is 390 g/mol. The number of carbonyl (C=O) groups excluding carboxylic acids is 1. The molecule has 2 aromatic rings. The Hall–Kier alpha value is -3.49. The maximum Gasteiger partial charge on any atom is 0.337 e. The Labute approximate surface area is 172 Å². The van der Waals surface area contributed by atoms with Crippen LogP contribution in [0.5, 0.6) is 11.5 Å². The van der Waals surface area contributed by atoms with Crippen LogP contribution in [0.15, 0.2) is 35.1 Å². The van der Waals surface area contributed by atoms with Crippen LogP contribution in [-0.2, 0) is 6.54 Å². The van der Waals surface area contributed by atoms with Crippen LogP contribution in [0.25, 0.3) is 0 Å². The molecule has 1 aromatic heterocycles. The number of nitrogens with zero attached hydrogens (tertiary/aromatic N) is 2. The van der Waals surface area contributed by atoms with Crippen LogP contribution in [0.4, 0.5) is 10.5 Å². The van der Waals surface area contributed by atoms with E-state index >= 15 is 0 Å². The third-order valence-electron chi connectivity index (χ3n) is 5.76. The normalized spacial score (nSPS) is 19.6. The predicted molar refractivity (Wildman–Crippen MR) is 109 cm³/mol. The molecule has 9 nitrogen and oxygen atoms in total. The van der Waals surface area contributed by atoms with Crippen molar-refractivity contribution in [3.63, 3.8) is 0 Å². The molecule has 2 bridgehead atoms. The van der Waals surface area contributed by atoms with E-state index in [0.29, 0.717) is 25.4 Å². The summed E-state index contributed by atoms with van der Waals surface area (Å²) in [5, 5.41) is 12.3. The topological polar surface area (TPSA) is 110 Å². The number of anilines is 1. The van der Waals surface area contributed by atoms with Crippen molar-refractivity contribution in [3.8, 4) is 11.5 Å². The molecule has 3 heterocycles. The molecule has 158 valence electrons. The fourth-order valence-corrected chi connectivity index (χ4v) is 4.42. The molecule has 2 N–H and O–H groups in total. The first kappa shape index (κ1) is 19.8. The van der Waals surface area contributed by atoms with Crippen molar-refractivity contribution in [2.45, 2.75) is 18.9 Å². The number of urea groups is 1. The first-order valence-electron chi connectivity index (χ1n) is 9.66. The molecule has 1 fully saturated rings. The molecule has 0 radical (unpaired) electrons. The van der Waals surface area contributed by atoms with Crippen LogP contribution in [-0.4, -0.2) is 53.9 Å². The Morgan fingerprint density at radius 1 is 1.10 bits per heavy atom. The summed E-state index contributed by atoms with van der Waals surface area (Å²) in [6, 6.07) is 7.62. The van der Waals surface area contributed by atoms with E-state index < -0.39 is 5.97 Å². The zero-order valence-electron chi connectivity index (χ0n) is 16.8. The standard InChI is InChI=1S/C21H23N3O6/c1-29-17-7-14(20(26)27)15(8-18(17)30-2)22-21(28)23-9-12-6-13(11-23)16-4-3-5-19(25)24(16)10-12/h3-5,7-8,12-13H,6,9-11H2,1-2H3,(H,22,28)(H,26,27)/t12-,13+/m0/s1. The highest BCUT2D eigenvalue weighted by atomic mass is 16.5. The fraction of sp³-hybridized carbons (Fsp3) is 0.381. The largest absolute Gasteiger partial charge is 0.493 e. The molecule has 1 saturated heterocycles. The van der Waals surface area contributed by atoms with Crippen LogP contribution >= 0.6 is 0 Å². The van der Waals surface area contributed by atoms with Crippen molar-refractivity contribution in [2.75, 3.05) is 32.6 Å². The summed E-state index contributed by atoms with van der Waals surface area (Å²) in [4.78, 5) is 38.5. The highest BCUT2D eigenvalue weighted by Gasteiger charge is 2.36. The van der Waals surface area contributed by atoms with Crippen LogP contribution in [0, 0.1) is 5.92 Å². The maximum absolute atomic E-state index is 13.0. The van der Waals surface area contributed by atoms with Crippen molar-refractivity contribution in [3.05, 3.63) is 51.9 Å². The number of hydrogen-bond acceptors (Lipinski definition) is 5. The van der Waals surface area contributed by atoms with Gasteiger partial charge in [0, 0.05) is 49.4 Å². The maximum atomic E-state index is 13.0. The molecule has 0 aliphatic carbocycles. The van der Waals surface area contributed by atoms with Crippen molar-refractivity contribution in [1.29, 1.82) is 0 Å². The second kappa shape index (κ2) is 7.74. The smallest absolute Gasteiger partial charge is 0.337 e. The fourth-order valence-electron chi connectivity index (χ4n) is 4.42. The number of amides is 2. The average Bonchev–Trinajstić information content (AvgIpc) is 2.73. The summed E-state index contributed by atoms with van der Waals surface area (Å²) < 4.78 is 12.2. The van der Waals surface area contributed by atoms with Gasteiger partial charge >= 0.3 is 12.0 Å². The Morgan fingerprint density at radius 3 is 2.53 bits per heavy atom. The second-order valence-electron chi connectivity index (χ2n) is 7.59. The van der Waals surface area contributed by atoms with Gasteiger partial charge in [0.05, 0.1) is 25.5 Å². The van der Waals surface area contributed by atoms with Crippen molar-refractivity contribution < 1.29 is 24.2 Å². The van der Waals surface area contributed by atoms with E-state index in [-0.39, 0.29) is 40.4 Å². The molecular formula is C21H23N3O6. The summed E-state index contributed by atoms with van der Waals surface area (Å²) in [5.41, 5.74) is 0.970. The van der Waals surface area contributed by atoms with Gasteiger partial charge in [-0.1, -0.05) is 6.07 Å². The van der Waals surface area contributed by atoms with Gasteiger partial charge in [-0.15, -0.1) is 0 Å². The zero-order chi connectivity index (χ0) is 21.4. The Balaban J connectivity index is 1.58. The molecule has 4 rings (SSSR count). The van der Waals surface area contributed by atoms with Crippen molar-refractivity contribution >= 4 is 17.7 Å². The van der Waals surface area contributed by atoms with Gasteiger partial charge in [0.1, 0.15) is 0 Å². The number of carboxylic acid groups (broad SMARTS) is 1. The van der Waals surface area contributed by atoms with Gasteiger partial charge in [0.2, 0.25) is 0 Å². The number of piperidine rings is 1. The third-order valence-corrected chi connectivity index (χ3v) is 5.76. The Bertz CT molecular complexity index is 1060. The Kier molecular flexibility index (Phi) is 5.11. The number of pyridine rings is 1. The number of aromatic nitrogens is 1. The van der Waals surface area contributed by atoms with Gasteiger partial charge < -0.3 is 29.4 Å². The van der Waals surface area contributed by atoms with E-state index in [1.54, 1.807) is 21.6 Å². The minimum Gasteiger partial charge on any atom is -0.493 e. The highest BCUT2D eigenvalue weighted by molar-refractivity contribution is 6.01. The number of nitrogens with one attached hydrogen (secondary N) is 1. The summed E-state index contributed by atoms with van der Waals surface area (Å²) in [5.74, 6) is -0.355. The number of likely N-dealkylation sites (tertiary alicyclic amines) is 1. The number of carboxylic acids is 1. The van der Waals surface area contributed by atoms with Gasteiger partial charge in [0.25, 0.3) is 5.56 Å². The minimum atomic E-state index is -1.19. The first-order valence-corrected chi connectivity index (χ1v) is 9.66. The molecule has 30 heavy (non-hydrogen) atoms. The van der Waals surface area contributed by atoms with E-state index in [1.165, 1.54) is 26.4 Å². The quantitative estimate of drug-likeness (QED) is 0.795. The van der Waals surface area contributed by atoms with E-state index in [0.717, 1.165) is 12.1 Å². The first-order chi connectivity index (χ1) is 14.4. The number of rotatable bonds is 4. The number of carbonyl (C=O) groups is 2. The van der Waals surface area contributed by atoms with Crippen LogP contribution in [0.3, 0.4) is 0 Å². The van der Waals surface area contributed by atoms with Crippen molar-refractivity contribution in [2.24, 2.45) is 5.92 Å². The SMILES string of the molecule is COc1cc(NC(=O)N2C[C@@H]3C[C@H](C2)c2cccc(=O)n2C3)c(C(=O)O)cc1OC. The number of benzene rings is 1. The van der Waals surface area contributed by atoms with E-state index in [2.05, 4.69) is 5.32 Å². The Morgan fingerprint density at radius 2 is 1.83 bits per heavy atom. The van der Waals surface area contributed by atoms with Crippen LogP contribution in [0.1, 0.15) is 28.4 Å². The zero-order valence-corrected chi connectivity index (χ0v) is 16.8. The number of hydrogen-bond donors (Lipinski definition) is 2. The van der Waals surface area contributed by atoms with Gasteiger partial charge in [-0.3, -0.25) is 4.79 Å². The average molecular weight is 413 g/mol. The summed E-state index contributed by atoms with van der Waals surface area (Å²) in [7, 11) is 2.85. The predicted octanol–water partition coefficient (Wildman–Crippen LogP) is 2.21. The van der Waals surface area contributed by atoms with Gasteiger partial charge in [-0.25, -0.2) is 9.59 Å². The summed E-state index contributed by atoms with van der Waals surface area (Å²) in [6.45, 7) is 1.53. The molecule has 2 atom stereocenters. The van der Waals surface area contributed by atoms with Crippen molar-refractivity contribution in [1.82, 2.24) is 9.47 Å². The van der Waals surface area contributed by atoms with E-state index in [9.17, 15) is 19.5 Å². The minimum absolute atomic E-state index is 0.0171. The van der Waals surface area contributed by atoms with E-state index in [1.807, 2.05) is 6.07 Å². The molecule has 0 unspecified atom stereocenters. The van der Waals surface area contributed by atoms with Crippen LogP contribution < -0.4 is 20.3 Å². The van der Waals surface area contributed by atoms with Gasteiger partial charge in [-0.05, 0) is 18.4 Å². The van der Waals surface area contributed by atoms with Gasteiger partial charge in [0.15, 0.2) is 11.5 Å². The highest BCUT2D eigenvalue weighted by Crippen LogP contribution is 2.36. The lowest BCUT2D eigenvalue weighted by Gasteiger charge is -2.42. The summed E-state index contributed by atoms with van der Waals surface area (Å²) >= 11 is 0. The molecule has 2 amide bonds. The third kappa shape index (κ3) is 3.47. The number of aromatic carboxylic acids is 1. The number of methoxy groups -OCH3 is 2. The van der Waals surface area contributed by atoms with Gasteiger partial charge in [-0.2, -0.15) is 0 Å². The summed E-state index contributed by atoms with van der Waals surface area (Å²) in [6.07, 6.45) is 0.921. The molecule has 2 aliphatic rings. The second-order valence-corrected chi connectivity index (χ2v) is 7.59.